The number of ether oxygens (including phenoxy) is 1. The van der Waals surface area contributed by atoms with Gasteiger partial charge >= 0.3 is 0 Å². The van der Waals surface area contributed by atoms with Crippen LogP contribution in [0.2, 0.25) is 0 Å². The molecule has 3 rings (SSSR count). The van der Waals surface area contributed by atoms with Gasteiger partial charge in [0, 0.05) is 12.6 Å². The van der Waals surface area contributed by atoms with Gasteiger partial charge in [0.15, 0.2) is 0 Å². The predicted molar refractivity (Wildman–Crippen MR) is 103 cm³/mol. The Bertz CT molecular complexity index is 966. The first-order valence-corrected chi connectivity index (χ1v) is 10.9. The molecule has 0 spiro atoms. The van der Waals surface area contributed by atoms with Crippen LogP contribution in [-0.4, -0.2) is 57.5 Å². The molecule has 1 aromatic carbocycles. The Morgan fingerprint density at radius 3 is 2.83 bits per heavy atom. The normalized spacial score (nSPS) is 24.1. The van der Waals surface area contributed by atoms with Gasteiger partial charge in [-0.3, -0.25) is 10.1 Å². The van der Waals surface area contributed by atoms with Gasteiger partial charge in [0.2, 0.25) is 15.9 Å². The van der Waals surface area contributed by atoms with Crippen molar-refractivity contribution in [1.29, 1.82) is 10.5 Å². The van der Waals surface area contributed by atoms with Crippen LogP contribution in [0, 0.1) is 22.7 Å². The smallest absolute Gasteiger partial charge is 0.240 e. The van der Waals surface area contributed by atoms with E-state index in [1.807, 2.05) is 6.07 Å². The SMILES string of the molecule is CNS(=O)(=O)c1ccc(OC[C@H]2CC[C@@H](C(=O)N3CCC[C@H]3C#N)N2)c(C#N)c1. The summed E-state index contributed by atoms with van der Waals surface area (Å²) in [5.41, 5.74) is 0.126. The number of hydrogen-bond donors (Lipinski definition) is 2. The molecule has 0 unspecified atom stereocenters. The molecular weight excluding hydrogens is 394 g/mol. The van der Waals surface area contributed by atoms with Crippen molar-refractivity contribution in [3.63, 3.8) is 0 Å². The third kappa shape index (κ3) is 4.51. The lowest BCUT2D eigenvalue weighted by Gasteiger charge is -2.24. The Morgan fingerprint density at radius 1 is 1.34 bits per heavy atom. The lowest BCUT2D eigenvalue weighted by Crippen LogP contribution is -2.47. The van der Waals surface area contributed by atoms with Crippen LogP contribution in [-0.2, 0) is 14.8 Å². The maximum absolute atomic E-state index is 12.7. The Kier molecular flexibility index (Phi) is 6.38. The van der Waals surface area contributed by atoms with E-state index in [9.17, 15) is 23.7 Å². The predicted octanol–water partition coefficient (Wildman–Crippen LogP) is 0.480. The monoisotopic (exact) mass is 417 g/mol. The molecule has 0 aliphatic carbocycles. The lowest BCUT2D eigenvalue weighted by molar-refractivity contribution is -0.133. The zero-order valence-electron chi connectivity index (χ0n) is 16.1. The minimum absolute atomic E-state index is 0.00814. The molecule has 1 amide bonds. The Balaban J connectivity index is 1.60. The molecule has 3 atom stereocenters. The number of carbonyl (C=O) groups is 1. The van der Waals surface area contributed by atoms with E-state index in [0.717, 1.165) is 19.3 Å². The maximum Gasteiger partial charge on any atom is 0.240 e. The second-order valence-corrected chi connectivity index (χ2v) is 8.99. The summed E-state index contributed by atoms with van der Waals surface area (Å²) in [4.78, 5) is 14.3. The van der Waals surface area contributed by atoms with Crippen molar-refractivity contribution in [2.45, 2.75) is 48.7 Å². The zero-order valence-corrected chi connectivity index (χ0v) is 16.9. The molecule has 0 bridgehead atoms. The van der Waals surface area contributed by atoms with E-state index < -0.39 is 10.0 Å². The van der Waals surface area contributed by atoms with Crippen molar-refractivity contribution in [1.82, 2.24) is 14.9 Å². The van der Waals surface area contributed by atoms with Crippen molar-refractivity contribution in [2.24, 2.45) is 0 Å². The van der Waals surface area contributed by atoms with E-state index in [-0.39, 0.29) is 41.1 Å². The van der Waals surface area contributed by atoms with Gasteiger partial charge in [-0.05, 0) is 50.9 Å². The van der Waals surface area contributed by atoms with Crippen LogP contribution in [0.15, 0.2) is 23.1 Å². The molecule has 29 heavy (non-hydrogen) atoms. The minimum atomic E-state index is -3.64. The van der Waals surface area contributed by atoms with E-state index >= 15 is 0 Å². The molecule has 10 heteroatoms. The third-order valence-corrected chi connectivity index (χ3v) is 6.73. The number of carbonyl (C=O) groups excluding carboxylic acids is 1. The highest BCUT2D eigenvalue weighted by Gasteiger charge is 2.37. The van der Waals surface area contributed by atoms with Crippen molar-refractivity contribution < 1.29 is 17.9 Å². The molecular formula is C19H23N5O4S. The molecule has 2 aliphatic heterocycles. The molecule has 2 aliphatic rings. The van der Waals surface area contributed by atoms with E-state index in [1.165, 1.54) is 25.2 Å². The number of nitrogens with zero attached hydrogens (tertiary/aromatic N) is 3. The number of hydrogen-bond acceptors (Lipinski definition) is 7. The quantitative estimate of drug-likeness (QED) is 0.687. The summed E-state index contributed by atoms with van der Waals surface area (Å²) in [6, 6.07) is 7.50. The van der Waals surface area contributed by atoms with E-state index in [2.05, 4.69) is 16.1 Å². The Morgan fingerprint density at radius 2 is 2.14 bits per heavy atom. The Hall–Kier alpha value is -2.66. The zero-order chi connectivity index (χ0) is 21.0. The molecule has 0 saturated carbocycles. The molecule has 9 nitrogen and oxygen atoms in total. The first-order chi connectivity index (χ1) is 13.9. The summed E-state index contributed by atoms with van der Waals surface area (Å²) in [6.45, 7) is 0.863. The summed E-state index contributed by atoms with van der Waals surface area (Å²) in [7, 11) is -2.34. The van der Waals surface area contributed by atoms with Crippen molar-refractivity contribution in [3.05, 3.63) is 23.8 Å². The van der Waals surface area contributed by atoms with Crippen molar-refractivity contribution in [3.8, 4) is 17.9 Å². The van der Waals surface area contributed by atoms with E-state index in [4.69, 9.17) is 4.74 Å². The molecule has 1 aromatic rings. The first-order valence-electron chi connectivity index (χ1n) is 9.46. The van der Waals surface area contributed by atoms with Gasteiger partial charge in [0.1, 0.15) is 24.5 Å². The molecule has 2 heterocycles. The molecule has 0 aromatic heterocycles. The molecule has 2 fully saturated rings. The second-order valence-electron chi connectivity index (χ2n) is 7.10. The highest BCUT2D eigenvalue weighted by Crippen LogP contribution is 2.24. The summed E-state index contributed by atoms with van der Waals surface area (Å²) in [5.74, 6) is 0.249. The van der Waals surface area contributed by atoms with Crippen LogP contribution in [0.3, 0.4) is 0 Å². The summed E-state index contributed by atoms with van der Waals surface area (Å²) in [5, 5.41) is 21.7. The highest BCUT2D eigenvalue weighted by molar-refractivity contribution is 7.89. The molecule has 2 saturated heterocycles. The molecule has 2 N–H and O–H groups in total. The summed E-state index contributed by atoms with van der Waals surface area (Å²) >= 11 is 0. The second kappa shape index (κ2) is 8.78. The minimum Gasteiger partial charge on any atom is -0.491 e. The fourth-order valence-corrected chi connectivity index (χ4v) is 4.46. The standard InChI is InChI=1S/C19H23N5O4S/c1-22-29(26,27)16-5-7-18(13(9-16)10-20)28-12-14-4-6-17(23-14)19(25)24-8-2-3-15(24)11-21/h5,7,9,14-15,17,22-23H,2-4,6,8,12H2,1H3/t14-,15+,17+/m1/s1. The summed E-state index contributed by atoms with van der Waals surface area (Å²) < 4.78 is 31.7. The van der Waals surface area contributed by atoms with Crippen LogP contribution in [0.25, 0.3) is 0 Å². The van der Waals surface area contributed by atoms with Crippen LogP contribution < -0.4 is 14.8 Å². The van der Waals surface area contributed by atoms with Crippen LogP contribution in [0.4, 0.5) is 0 Å². The average molecular weight is 417 g/mol. The number of rotatable bonds is 6. The van der Waals surface area contributed by atoms with Crippen molar-refractivity contribution >= 4 is 15.9 Å². The molecule has 154 valence electrons. The van der Waals surface area contributed by atoms with Crippen LogP contribution in [0.5, 0.6) is 5.75 Å². The van der Waals surface area contributed by atoms with E-state index in [0.29, 0.717) is 18.7 Å². The van der Waals surface area contributed by atoms with Gasteiger partial charge < -0.3 is 9.64 Å². The Labute approximate surface area is 170 Å². The molecule has 0 radical (unpaired) electrons. The van der Waals surface area contributed by atoms with Gasteiger partial charge in [0.05, 0.1) is 22.6 Å². The number of sulfonamides is 1. The number of benzene rings is 1. The topological polar surface area (TPSA) is 135 Å². The number of nitriles is 2. The van der Waals surface area contributed by atoms with Gasteiger partial charge in [-0.1, -0.05) is 0 Å². The number of amides is 1. The van der Waals surface area contributed by atoms with Crippen LogP contribution >= 0.6 is 0 Å². The summed E-state index contributed by atoms with van der Waals surface area (Å²) in [6.07, 6.45) is 2.96. The first kappa shape index (κ1) is 21.1. The van der Waals surface area contributed by atoms with Gasteiger partial charge in [-0.15, -0.1) is 0 Å². The lowest BCUT2D eigenvalue weighted by atomic mass is 10.1. The fraction of sp³-hybridized carbons (Fsp3) is 0.526. The van der Waals surface area contributed by atoms with Crippen molar-refractivity contribution in [2.75, 3.05) is 20.2 Å². The van der Waals surface area contributed by atoms with Crippen LogP contribution in [0.1, 0.15) is 31.2 Å². The third-order valence-electron chi connectivity index (χ3n) is 5.31. The van der Waals surface area contributed by atoms with Gasteiger partial charge in [-0.2, -0.15) is 10.5 Å². The number of nitrogens with one attached hydrogen (secondary N) is 2. The maximum atomic E-state index is 12.7. The van der Waals surface area contributed by atoms with E-state index in [1.54, 1.807) is 4.90 Å². The van der Waals surface area contributed by atoms with Gasteiger partial charge in [0.25, 0.3) is 0 Å². The average Bonchev–Trinajstić information content (AvgIpc) is 3.40. The highest BCUT2D eigenvalue weighted by atomic mass is 32.2. The fourth-order valence-electron chi connectivity index (χ4n) is 3.71. The van der Waals surface area contributed by atoms with Gasteiger partial charge in [-0.25, -0.2) is 13.1 Å². The number of likely N-dealkylation sites (tertiary alicyclic amines) is 1. The largest absolute Gasteiger partial charge is 0.491 e.